The fourth-order valence-electron chi connectivity index (χ4n) is 3.82. The van der Waals surface area contributed by atoms with Gasteiger partial charge in [-0.2, -0.15) is 0 Å². The van der Waals surface area contributed by atoms with Crippen LogP contribution in [0.25, 0.3) is 11.1 Å². The van der Waals surface area contributed by atoms with E-state index >= 15 is 0 Å². The van der Waals surface area contributed by atoms with Gasteiger partial charge in [-0.15, -0.1) is 0 Å². The van der Waals surface area contributed by atoms with Crippen LogP contribution in [0, 0.1) is 5.92 Å². The average molecular weight is 465 g/mol. The number of Topliss-reactive ketones (excluding diaryl/α,β-unsaturated/α-hetero) is 1. The summed E-state index contributed by atoms with van der Waals surface area (Å²) in [5.74, 6) is -2.15. The first kappa shape index (κ1) is 24.9. The van der Waals surface area contributed by atoms with Gasteiger partial charge in [-0.05, 0) is 42.9 Å². The van der Waals surface area contributed by atoms with Crippen LogP contribution in [0.3, 0.4) is 0 Å². The van der Waals surface area contributed by atoms with Crippen LogP contribution in [-0.4, -0.2) is 37.2 Å². The SMILES string of the molecule is CC(=O)c1ccc(-c2ccc(CCC(O)C(CCn3ccc(=O)n(C)c3=O)C(=O)O)cc2)cc1. The van der Waals surface area contributed by atoms with Gasteiger partial charge in [0.25, 0.3) is 5.56 Å². The van der Waals surface area contributed by atoms with E-state index in [1.165, 1.54) is 30.8 Å². The van der Waals surface area contributed by atoms with E-state index in [1.54, 1.807) is 12.1 Å². The van der Waals surface area contributed by atoms with Crippen LogP contribution in [0.2, 0.25) is 0 Å². The molecule has 0 amide bonds. The zero-order valence-electron chi connectivity index (χ0n) is 19.2. The molecule has 0 aliphatic heterocycles. The van der Waals surface area contributed by atoms with Crippen molar-refractivity contribution in [2.45, 2.75) is 38.8 Å². The van der Waals surface area contributed by atoms with Crippen molar-refractivity contribution >= 4 is 11.8 Å². The molecular formula is C26H28N2O6. The molecule has 0 spiro atoms. The first-order valence-electron chi connectivity index (χ1n) is 11.0. The summed E-state index contributed by atoms with van der Waals surface area (Å²) in [4.78, 5) is 46.8. The number of carbonyl (C=O) groups excluding carboxylic acids is 1. The van der Waals surface area contributed by atoms with Gasteiger partial charge >= 0.3 is 11.7 Å². The minimum atomic E-state index is -1.13. The summed E-state index contributed by atoms with van der Waals surface area (Å²) in [5, 5.41) is 20.1. The number of aliphatic hydroxyl groups is 1. The number of hydrogen-bond donors (Lipinski definition) is 2. The third-order valence-electron chi connectivity index (χ3n) is 6.03. The van der Waals surface area contributed by atoms with Gasteiger partial charge in [-0.1, -0.05) is 48.5 Å². The van der Waals surface area contributed by atoms with E-state index in [-0.39, 0.29) is 25.2 Å². The lowest BCUT2D eigenvalue weighted by molar-refractivity contribution is -0.146. The maximum absolute atomic E-state index is 12.1. The Morgan fingerprint density at radius 2 is 1.50 bits per heavy atom. The number of carboxylic acids is 1. The molecule has 1 aromatic heterocycles. The van der Waals surface area contributed by atoms with E-state index in [0.29, 0.717) is 12.0 Å². The molecule has 0 aliphatic rings. The number of ketones is 1. The number of carbonyl (C=O) groups is 2. The highest BCUT2D eigenvalue weighted by molar-refractivity contribution is 5.94. The Bertz CT molecular complexity index is 1270. The number of aliphatic carboxylic acids is 1. The van der Waals surface area contributed by atoms with Gasteiger partial charge in [0.1, 0.15) is 0 Å². The number of aliphatic hydroxyl groups excluding tert-OH is 1. The predicted molar refractivity (Wildman–Crippen MR) is 128 cm³/mol. The van der Waals surface area contributed by atoms with Crippen LogP contribution >= 0.6 is 0 Å². The molecule has 0 fully saturated rings. The van der Waals surface area contributed by atoms with Crippen molar-refractivity contribution in [1.29, 1.82) is 0 Å². The van der Waals surface area contributed by atoms with E-state index in [9.17, 15) is 29.4 Å². The third kappa shape index (κ3) is 5.96. The number of benzene rings is 2. The Morgan fingerprint density at radius 1 is 0.912 bits per heavy atom. The molecule has 2 N–H and O–H groups in total. The van der Waals surface area contributed by atoms with E-state index in [1.807, 2.05) is 36.4 Å². The molecule has 0 radical (unpaired) electrons. The molecule has 2 aromatic carbocycles. The highest BCUT2D eigenvalue weighted by Gasteiger charge is 2.26. The molecule has 0 saturated heterocycles. The van der Waals surface area contributed by atoms with E-state index in [2.05, 4.69) is 0 Å². The van der Waals surface area contributed by atoms with Gasteiger partial charge in [0.05, 0.1) is 12.0 Å². The lowest BCUT2D eigenvalue weighted by Crippen LogP contribution is -2.38. The highest BCUT2D eigenvalue weighted by Crippen LogP contribution is 2.22. The zero-order valence-corrected chi connectivity index (χ0v) is 19.2. The van der Waals surface area contributed by atoms with Crippen molar-refractivity contribution < 1.29 is 19.8 Å². The van der Waals surface area contributed by atoms with Gasteiger partial charge < -0.3 is 14.8 Å². The smallest absolute Gasteiger partial charge is 0.330 e. The number of hydrogen-bond acceptors (Lipinski definition) is 5. The van der Waals surface area contributed by atoms with E-state index in [0.717, 1.165) is 21.3 Å². The molecule has 0 aliphatic carbocycles. The minimum Gasteiger partial charge on any atom is -0.481 e. The minimum absolute atomic E-state index is 0.0153. The molecule has 3 rings (SSSR count). The zero-order chi connectivity index (χ0) is 24.8. The number of aromatic nitrogens is 2. The van der Waals surface area contributed by atoms with E-state index < -0.39 is 29.2 Å². The first-order chi connectivity index (χ1) is 16.2. The van der Waals surface area contributed by atoms with Crippen LogP contribution in [0.4, 0.5) is 0 Å². The molecular weight excluding hydrogens is 436 g/mol. The molecule has 8 heteroatoms. The van der Waals surface area contributed by atoms with Crippen LogP contribution in [0.1, 0.15) is 35.7 Å². The number of rotatable bonds is 10. The maximum Gasteiger partial charge on any atom is 0.330 e. The molecule has 178 valence electrons. The normalized spacial score (nSPS) is 12.8. The molecule has 0 saturated carbocycles. The Hall–Kier alpha value is -3.78. The molecule has 0 bridgehead atoms. The summed E-state index contributed by atoms with van der Waals surface area (Å²) in [7, 11) is 1.36. The number of nitrogens with zero attached hydrogens (tertiary/aromatic N) is 2. The summed E-state index contributed by atoms with van der Waals surface area (Å²) in [6, 6.07) is 16.4. The van der Waals surface area contributed by atoms with Crippen molar-refractivity contribution in [1.82, 2.24) is 9.13 Å². The molecule has 8 nitrogen and oxygen atoms in total. The predicted octanol–water partition coefficient (Wildman–Crippen LogP) is 2.50. The van der Waals surface area contributed by atoms with Crippen molar-refractivity contribution in [3.63, 3.8) is 0 Å². The van der Waals surface area contributed by atoms with Crippen LogP contribution in [0.5, 0.6) is 0 Å². The fourth-order valence-corrected chi connectivity index (χ4v) is 3.82. The van der Waals surface area contributed by atoms with Gasteiger partial charge in [0.15, 0.2) is 5.78 Å². The Kier molecular flexibility index (Phi) is 7.96. The molecule has 1 heterocycles. The van der Waals surface area contributed by atoms with Crippen LogP contribution < -0.4 is 11.2 Å². The summed E-state index contributed by atoms with van der Waals surface area (Å²) in [6.07, 6.45) is 1.06. The first-order valence-corrected chi connectivity index (χ1v) is 11.0. The van der Waals surface area contributed by atoms with E-state index in [4.69, 9.17) is 0 Å². The molecule has 3 aromatic rings. The Morgan fingerprint density at radius 3 is 2.06 bits per heavy atom. The third-order valence-corrected chi connectivity index (χ3v) is 6.03. The number of carboxylic acid groups (broad SMARTS) is 1. The van der Waals surface area contributed by atoms with Crippen molar-refractivity contribution in [3.8, 4) is 11.1 Å². The Labute approximate surface area is 196 Å². The molecule has 2 atom stereocenters. The second-order valence-electron chi connectivity index (χ2n) is 8.36. The van der Waals surface area contributed by atoms with Gasteiger partial charge in [0.2, 0.25) is 0 Å². The van der Waals surface area contributed by atoms with Crippen molar-refractivity contribution in [2.75, 3.05) is 0 Å². The molecule has 34 heavy (non-hydrogen) atoms. The maximum atomic E-state index is 12.1. The van der Waals surface area contributed by atoms with Gasteiger partial charge in [-0.3, -0.25) is 19.0 Å². The summed E-state index contributed by atoms with van der Waals surface area (Å²) >= 11 is 0. The lowest BCUT2D eigenvalue weighted by atomic mass is 9.93. The quantitative estimate of drug-likeness (QED) is 0.445. The molecule has 2 unspecified atom stereocenters. The standard InChI is InChI=1S/C26H28N2O6/c1-17(29)19-8-10-21(11-9-19)20-6-3-18(4-7-20)5-12-23(30)22(25(32)33)13-15-28-16-14-24(31)27(2)26(28)34/h3-4,6-11,14,16,22-23,30H,5,12-13,15H2,1-2H3,(H,32,33). The largest absolute Gasteiger partial charge is 0.481 e. The summed E-state index contributed by atoms with van der Waals surface area (Å²) in [5.41, 5.74) is 2.63. The van der Waals surface area contributed by atoms with Crippen LogP contribution in [-0.2, 0) is 24.8 Å². The summed E-state index contributed by atoms with van der Waals surface area (Å²) in [6.45, 7) is 1.61. The van der Waals surface area contributed by atoms with Crippen molar-refractivity contribution in [3.05, 3.63) is 92.8 Å². The van der Waals surface area contributed by atoms with Crippen LogP contribution in [0.15, 0.2) is 70.4 Å². The summed E-state index contributed by atoms with van der Waals surface area (Å²) < 4.78 is 2.22. The van der Waals surface area contributed by atoms with Crippen molar-refractivity contribution in [2.24, 2.45) is 13.0 Å². The fraction of sp³-hybridized carbons (Fsp3) is 0.308. The second-order valence-corrected chi connectivity index (χ2v) is 8.36. The second kappa shape index (κ2) is 10.9. The monoisotopic (exact) mass is 464 g/mol. The highest BCUT2D eigenvalue weighted by atomic mass is 16.4. The van der Waals surface area contributed by atoms with Gasteiger partial charge in [0, 0.05) is 31.4 Å². The average Bonchev–Trinajstić information content (AvgIpc) is 2.83. The Balaban J connectivity index is 1.60. The number of aryl methyl sites for hydroxylation is 2. The lowest BCUT2D eigenvalue weighted by Gasteiger charge is -2.20. The van der Waals surface area contributed by atoms with Gasteiger partial charge in [-0.25, -0.2) is 4.79 Å². The topological polar surface area (TPSA) is 119 Å².